The standard InChI is InChI=1S/C26H30ClF2N3O4S/c27-23-11-20(28)7-6-19(23)15-31-8-1-3-17(14-31)16-36-25-13-24(29)22(12-21(25)18-4-5-18)26(33)30-37(34,35)32-9-2-10-32/h6-7,11-13,17-18H,1-5,8-10,14-16H2,(H,30,33). The number of hydrogen-bond acceptors (Lipinski definition) is 5. The van der Waals surface area contributed by atoms with E-state index >= 15 is 0 Å². The lowest BCUT2D eigenvalue weighted by Gasteiger charge is -2.33. The van der Waals surface area contributed by atoms with Crippen molar-refractivity contribution in [1.29, 1.82) is 0 Å². The van der Waals surface area contributed by atoms with Crippen LogP contribution in [-0.2, 0) is 16.8 Å². The lowest BCUT2D eigenvalue weighted by molar-refractivity contribution is 0.0973. The summed E-state index contributed by atoms with van der Waals surface area (Å²) in [5, 5.41) is 0.407. The van der Waals surface area contributed by atoms with Crippen molar-refractivity contribution < 1.29 is 26.7 Å². The second-order valence-electron chi connectivity index (χ2n) is 10.1. The lowest BCUT2D eigenvalue weighted by Crippen LogP contribution is -2.49. The minimum absolute atomic E-state index is 0.164. The van der Waals surface area contributed by atoms with Gasteiger partial charge in [-0.1, -0.05) is 17.7 Å². The Morgan fingerprint density at radius 3 is 2.54 bits per heavy atom. The zero-order valence-corrected chi connectivity index (χ0v) is 22.0. The Kier molecular flexibility index (Phi) is 7.72. The molecule has 2 heterocycles. The van der Waals surface area contributed by atoms with Crippen LogP contribution in [0.2, 0.25) is 5.02 Å². The molecule has 7 nitrogen and oxygen atoms in total. The third-order valence-corrected chi connectivity index (χ3v) is 9.06. The number of likely N-dealkylation sites (tertiary alicyclic amines) is 1. The summed E-state index contributed by atoms with van der Waals surface area (Å²) < 4.78 is 62.1. The number of piperidine rings is 1. The number of nitrogens with zero attached hydrogens (tertiary/aromatic N) is 2. The van der Waals surface area contributed by atoms with E-state index in [-0.39, 0.29) is 23.2 Å². The van der Waals surface area contributed by atoms with E-state index in [1.54, 1.807) is 6.07 Å². The Labute approximate surface area is 220 Å². The highest BCUT2D eigenvalue weighted by Gasteiger charge is 2.33. The Hall–Kier alpha value is -2.27. The summed E-state index contributed by atoms with van der Waals surface area (Å²) in [6.45, 7) is 3.37. The molecule has 200 valence electrons. The Balaban J connectivity index is 1.24. The van der Waals surface area contributed by atoms with Gasteiger partial charge in [0.15, 0.2) is 0 Å². The summed E-state index contributed by atoms with van der Waals surface area (Å²) in [6, 6.07) is 7.07. The monoisotopic (exact) mass is 553 g/mol. The summed E-state index contributed by atoms with van der Waals surface area (Å²) in [5.41, 5.74) is 1.31. The van der Waals surface area contributed by atoms with Gasteiger partial charge in [0, 0.05) is 43.2 Å². The van der Waals surface area contributed by atoms with Gasteiger partial charge in [-0.25, -0.2) is 13.5 Å². The van der Waals surface area contributed by atoms with Crippen molar-refractivity contribution in [3.63, 3.8) is 0 Å². The molecule has 0 bridgehead atoms. The van der Waals surface area contributed by atoms with E-state index in [4.69, 9.17) is 16.3 Å². The highest BCUT2D eigenvalue weighted by atomic mass is 35.5. The first kappa shape index (κ1) is 26.3. The van der Waals surface area contributed by atoms with Gasteiger partial charge < -0.3 is 4.74 Å². The minimum atomic E-state index is -3.97. The topological polar surface area (TPSA) is 79.0 Å². The van der Waals surface area contributed by atoms with Gasteiger partial charge in [0.1, 0.15) is 17.4 Å². The molecule has 1 atom stereocenters. The van der Waals surface area contributed by atoms with Crippen LogP contribution in [0.3, 0.4) is 0 Å². The molecular formula is C26H30ClF2N3O4S. The molecule has 2 saturated heterocycles. The quantitative estimate of drug-likeness (QED) is 0.496. The highest BCUT2D eigenvalue weighted by molar-refractivity contribution is 7.87. The Bertz CT molecular complexity index is 1280. The first-order valence-corrected chi connectivity index (χ1v) is 14.5. The van der Waals surface area contributed by atoms with Crippen LogP contribution >= 0.6 is 11.6 Å². The van der Waals surface area contributed by atoms with E-state index in [9.17, 15) is 22.0 Å². The van der Waals surface area contributed by atoms with Gasteiger partial charge in [-0.15, -0.1) is 0 Å². The van der Waals surface area contributed by atoms with E-state index in [0.29, 0.717) is 37.0 Å². The van der Waals surface area contributed by atoms with E-state index < -0.39 is 21.9 Å². The molecule has 0 radical (unpaired) electrons. The molecule has 1 N–H and O–H groups in total. The molecule has 0 aromatic heterocycles. The molecule has 3 aliphatic rings. The predicted octanol–water partition coefficient (Wildman–Crippen LogP) is 4.47. The molecule has 0 spiro atoms. The molecule has 2 aliphatic heterocycles. The van der Waals surface area contributed by atoms with Crippen LogP contribution in [0.25, 0.3) is 0 Å². The summed E-state index contributed by atoms with van der Waals surface area (Å²) in [4.78, 5) is 14.9. The molecule has 1 aliphatic carbocycles. The van der Waals surface area contributed by atoms with Crippen molar-refractivity contribution in [3.05, 3.63) is 63.7 Å². The van der Waals surface area contributed by atoms with Gasteiger partial charge in [0.2, 0.25) is 0 Å². The van der Waals surface area contributed by atoms with E-state index in [2.05, 4.69) is 4.90 Å². The normalized spacial score (nSPS) is 20.9. The van der Waals surface area contributed by atoms with Gasteiger partial charge in [0.25, 0.3) is 5.91 Å². The number of hydrogen-bond donors (Lipinski definition) is 1. The number of carbonyl (C=O) groups is 1. The second kappa shape index (κ2) is 10.8. The van der Waals surface area contributed by atoms with Gasteiger partial charge in [-0.2, -0.15) is 12.7 Å². The van der Waals surface area contributed by atoms with Crippen LogP contribution in [-0.4, -0.2) is 56.3 Å². The Morgan fingerprint density at radius 2 is 1.86 bits per heavy atom. The van der Waals surface area contributed by atoms with E-state index in [1.807, 2.05) is 4.72 Å². The van der Waals surface area contributed by atoms with Crippen LogP contribution in [0.1, 0.15) is 59.5 Å². The number of rotatable bonds is 9. The van der Waals surface area contributed by atoms with E-state index in [0.717, 1.165) is 60.6 Å². The molecule has 1 unspecified atom stereocenters. The number of ether oxygens (including phenoxy) is 1. The van der Waals surface area contributed by atoms with Crippen molar-refractivity contribution in [2.45, 2.75) is 44.6 Å². The maximum Gasteiger partial charge on any atom is 0.304 e. The molecule has 11 heteroatoms. The van der Waals surface area contributed by atoms with Crippen LogP contribution in [0.15, 0.2) is 30.3 Å². The molecule has 3 fully saturated rings. The largest absolute Gasteiger partial charge is 0.493 e. The van der Waals surface area contributed by atoms with Crippen molar-refractivity contribution in [3.8, 4) is 5.75 Å². The van der Waals surface area contributed by atoms with E-state index in [1.165, 1.54) is 24.3 Å². The second-order valence-corrected chi connectivity index (χ2v) is 12.2. The number of carbonyl (C=O) groups excluding carboxylic acids is 1. The number of halogens is 3. The summed E-state index contributed by atoms with van der Waals surface area (Å²) in [5.74, 6) is -1.36. The zero-order valence-electron chi connectivity index (χ0n) is 20.4. The van der Waals surface area contributed by atoms with Crippen LogP contribution in [0.5, 0.6) is 5.75 Å². The SMILES string of the molecule is O=C(NS(=O)(=O)N1CCC1)c1cc(C2CC2)c(OCC2CCCN(Cc3ccc(F)cc3Cl)C2)cc1F. The first-order valence-electron chi connectivity index (χ1n) is 12.6. The van der Waals surface area contributed by atoms with Gasteiger partial charge in [-0.3, -0.25) is 9.69 Å². The minimum Gasteiger partial charge on any atom is -0.493 e. The van der Waals surface area contributed by atoms with Gasteiger partial charge in [0.05, 0.1) is 12.2 Å². The van der Waals surface area contributed by atoms with Crippen molar-refractivity contribution in [2.24, 2.45) is 5.92 Å². The summed E-state index contributed by atoms with van der Waals surface area (Å²) in [6.07, 6.45) is 4.49. The molecule has 2 aromatic carbocycles. The maximum atomic E-state index is 15.0. The average Bonchev–Trinajstić information content (AvgIpc) is 3.63. The van der Waals surface area contributed by atoms with Crippen molar-refractivity contribution >= 4 is 27.7 Å². The van der Waals surface area contributed by atoms with Crippen LogP contribution < -0.4 is 9.46 Å². The van der Waals surface area contributed by atoms with Crippen LogP contribution in [0.4, 0.5) is 8.78 Å². The number of nitrogens with one attached hydrogen (secondary N) is 1. The van der Waals surface area contributed by atoms with Gasteiger partial charge >= 0.3 is 10.2 Å². The summed E-state index contributed by atoms with van der Waals surface area (Å²) >= 11 is 6.20. The fraction of sp³-hybridized carbons (Fsp3) is 0.500. The lowest BCUT2D eigenvalue weighted by atomic mass is 9.98. The smallest absolute Gasteiger partial charge is 0.304 e. The highest BCUT2D eigenvalue weighted by Crippen LogP contribution is 2.45. The summed E-state index contributed by atoms with van der Waals surface area (Å²) in [7, 11) is -3.97. The van der Waals surface area contributed by atoms with Crippen LogP contribution in [0, 0.1) is 17.6 Å². The maximum absolute atomic E-state index is 15.0. The molecule has 1 saturated carbocycles. The molecule has 37 heavy (non-hydrogen) atoms. The zero-order chi connectivity index (χ0) is 26.2. The van der Waals surface area contributed by atoms with Gasteiger partial charge in [-0.05, 0) is 73.9 Å². The number of benzene rings is 2. The fourth-order valence-corrected chi connectivity index (χ4v) is 6.32. The molecule has 2 aromatic rings. The molecular weight excluding hydrogens is 524 g/mol. The van der Waals surface area contributed by atoms with Crippen molar-refractivity contribution in [2.75, 3.05) is 32.8 Å². The number of amides is 1. The Morgan fingerprint density at radius 1 is 1.08 bits per heavy atom. The predicted molar refractivity (Wildman–Crippen MR) is 136 cm³/mol. The molecule has 5 rings (SSSR count). The third kappa shape index (κ3) is 6.25. The average molecular weight is 554 g/mol. The first-order chi connectivity index (χ1) is 17.7. The van der Waals surface area contributed by atoms with Crippen molar-refractivity contribution in [1.82, 2.24) is 13.9 Å². The fourth-order valence-electron chi connectivity index (χ4n) is 4.88. The third-order valence-electron chi connectivity index (χ3n) is 7.22. The molecule has 1 amide bonds.